The molecule has 0 fully saturated rings. The minimum atomic E-state index is -0.527. The Morgan fingerprint density at radius 1 is 1.30 bits per heavy atom. The minimum absolute atomic E-state index is 0.0394. The first-order valence-corrected chi connectivity index (χ1v) is 8.26. The second-order valence-electron chi connectivity index (χ2n) is 5.90. The number of furan rings is 1. The van der Waals surface area contributed by atoms with Crippen LogP contribution in [0.2, 0.25) is 0 Å². The molecule has 1 amide bonds. The van der Waals surface area contributed by atoms with Crippen molar-refractivity contribution in [1.29, 1.82) is 0 Å². The number of aliphatic hydroxyl groups excluding tert-OH is 1. The van der Waals surface area contributed by atoms with Gasteiger partial charge in [-0.05, 0) is 24.3 Å². The van der Waals surface area contributed by atoms with E-state index in [1.165, 1.54) is 10.9 Å². The van der Waals surface area contributed by atoms with E-state index in [-0.39, 0.29) is 19.1 Å². The molecule has 2 N–H and O–H groups in total. The molecule has 4 rings (SSSR count). The predicted octanol–water partition coefficient (Wildman–Crippen LogP) is 1.21. The molecular weight excluding hydrogens is 348 g/mol. The monoisotopic (exact) mass is 364 g/mol. The van der Waals surface area contributed by atoms with E-state index < -0.39 is 6.04 Å². The Hall–Kier alpha value is -3.59. The topological polar surface area (TPSA) is 119 Å². The van der Waals surface area contributed by atoms with Gasteiger partial charge in [0.2, 0.25) is 11.6 Å². The van der Waals surface area contributed by atoms with Gasteiger partial charge in [-0.2, -0.15) is 0 Å². The molecule has 0 aliphatic heterocycles. The van der Waals surface area contributed by atoms with Crippen molar-refractivity contribution >= 4 is 17.0 Å². The molecule has 0 aliphatic rings. The fraction of sp³-hybridized carbons (Fsp3) is 0.167. The molecule has 1 atom stereocenters. The van der Waals surface area contributed by atoms with Crippen LogP contribution in [0.1, 0.15) is 23.1 Å². The number of rotatable bonds is 6. The van der Waals surface area contributed by atoms with E-state index in [2.05, 4.69) is 25.6 Å². The third-order valence-corrected chi connectivity index (χ3v) is 3.97. The van der Waals surface area contributed by atoms with Gasteiger partial charge in [-0.3, -0.25) is 9.78 Å². The summed E-state index contributed by atoms with van der Waals surface area (Å²) in [5.41, 5.74) is 1.68. The highest BCUT2D eigenvalue weighted by molar-refractivity contribution is 5.78. The highest BCUT2D eigenvalue weighted by Crippen LogP contribution is 2.27. The van der Waals surface area contributed by atoms with Crippen LogP contribution in [-0.4, -0.2) is 36.0 Å². The number of carbonyl (C=O) groups is 1. The number of aromatic nitrogens is 5. The SMILES string of the molecule is O=C(Cn1cc(CO)nn1)NC(c1cccnc1)c1cc2cccnc2o1. The Kier molecular flexibility index (Phi) is 4.58. The summed E-state index contributed by atoms with van der Waals surface area (Å²) in [7, 11) is 0. The molecule has 0 spiro atoms. The van der Waals surface area contributed by atoms with Crippen LogP contribution < -0.4 is 5.32 Å². The van der Waals surface area contributed by atoms with Gasteiger partial charge in [-0.15, -0.1) is 5.10 Å². The van der Waals surface area contributed by atoms with Crippen LogP contribution in [0.15, 0.2) is 59.5 Å². The van der Waals surface area contributed by atoms with E-state index in [0.29, 0.717) is 17.2 Å². The molecule has 4 heterocycles. The Morgan fingerprint density at radius 3 is 2.93 bits per heavy atom. The van der Waals surface area contributed by atoms with Gasteiger partial charge in [0.15, 0.2) is 0 Å². The summed E-state index contributed by atoms with van der Waals surface area (Å²) in [5, 5.41) is 20.4. The van der Waals surface area contributed by atoms with Crippen LogP contribution >= 0.6 is 0 Å². The zero-order chi connectivity index (χ0) is 18.6. The summed E-state index contributed by atoms with van der Waals surface area (Å²) >= 11 is 0. The molecule has 0 saturated carbocycles. The van der Waals surface area contributed by atoms with Crippen LogP contribution in [-0.2, 0) is 17.9 Å². The lowest BCUT2D eigenvalue weighted by Crippen LogP contribution is -2.32. The zero-order valence-electron chi connectivity index (χ0n) is 14.2. The number of nitrogens with zero attached hydrogens (tertiary/aromatic N) is 5. The van der Waals surface area contributed by atoms with Gasteiger partial charge < -0.3 is 14.8 Å². The first kappa shape index (κ1) is 16.9. The lowest BCUT2D eigenvalue weighted by molar-refractivity contribution is -0.122. The maximum atomic E-state index is 12.5. The van der Waals surface area contributed by atoms with Crippen molar-refractivity contribution in [2.75, 3.05) is 0 Å². The molecule has 9 heteroatoms. The van der Waals surface area contributed by atoms with Crippen LogP contribution in [0.4, 0.5) is 0 Å². The maximum Gasteiger partial charge on any atom is 0.242 e. The normalized spacial score (nSPS) is 12.2. The second kappa shape index (κ2) is 7.34. The first-order chi connectivity index (χ1) is 13.2. The minimum Gasteiger partial charge on any atom is -0.440 e. The van der Waals surface area contributed by atoms with Gasteiger partial charge in [0, 0.05) is 29.5 Å². The second-order valence-corrected chi connectivity index (χ2v) is 5.90. The van der Waals surface area contributed by atoms with Gasteiger partial charge >= 0.3 is 0 Å². The van der Waals surface area contributed by atoms with E-state index in [1.54, 1.807) is 24.7 Å². The van der Waals surface area contributed by atoms with Crippen molar-refractivity contribution in [1.82, 2.24) is 30.3 Å². The average Bonchev–Trinajstić information content (AvgIpc) is 3.33. The number of amides is 1. The molecule has 136 valence electrons. The predicted molar refractivity (Wildman–Crippen MR) is 94.2 cm³/mol. The quantitative estimate of drug-likeness (QED) is 0.528. The fourth-order valence-electron chi connectivity index (χ4n) is 2.74. The molecule has 9 nitrogen and oxygen atoms in total. The van der Waals surface area contributed by atoms with Gasteiger partial charge in [0.25, 0.3) is 0 Å². The van der Waals surface area contributed by atoms with E-state index in [9.17, 15) is 4.79 Å². The molecule has 4 aromatic rings. The highest BCUT2D eigenvalue weighted by atomic mass is 16.3. The van der Waals surface area contributed by atoms with Crippen molar-refractivity contribution < 1.29 is 14.3 Å². The summed E-state index contributed by atoms with van der Waals surface area (Å²) in [5.74, 6) is 0.270. The van der Waals surface area contributed by atoms with Gasteiger partial charge in [-0.1, -0.05) is 11.3 Å². The average molecular weight is 364 g/mol. The molecule has 0 aromatic carbocycles. The summed E-state index contributed by atoms with van der Waals surface area (Å²) < 4.78 is 7.20. The van der Waals surface area contributed by atoms with Crippen molar-refractivity contribution in [2.45, 2.75) is 19.2 Å². The molecule has 27 heavy (non-hydrogen) atoms. The van der Waals surface area contributed by atoms with Crippen LogP contribution in [0, 0.1) is 0 Å². The van der Waals surface area contributed by atoms with E-state index >= 15 is 0 Å². The Balaban J connectivity index is 1.61. The van der Waals surface area contributed by atoms with Crippen LogP contribution in [0.5, 0.6) is 0 Å². The number of hydrogen-bond donors (Lipinski definition) is 2. The molecule has 1 unspecified atom stereocenters. The summed E-state index contributed by atoms with van der Waals surface area (Å²) in [4.78, 5) is 20.9. The van der Waals surface area contributed by atoms with Gasteiger partial charge in [-0.25, -0.2) is 9.67 Å². The number of carbonyl (C=O) groups excluding carboxylic acids is 1. The Bertz CT molecular complexity index is 1030. The van der Waals surface area contributed by atoms with E-state index in [0.717, 1.165) is 10.9 Å². The van der Waals surface area contributed by atoms with Gasteiger partial charge in [0.05, 0.1) is 12.8 Å². The molecule has 0 saturated heterocycles. The first-order valence-electron chi connectivity index (χ1n) is 8.26. The highest BCUT2D eigenvalue weighted by Gasteiger charge is 2.22. The molecule has 0 bridgehead atoms. The Labute approximate surface area is 153 Å². The Morgan fingerprint density at radius 2 is 2.19 bits per heavy atom. The fourth-order valence-corrected chi connectivity index (χ4v) is 2.74. The van der Waals surface area contributed by atoms with Crippen molar-refractivity contribution in [2.24, 2.45) is 0 Å². The standard InChI is InChI=1S/C18H16N6O3/c25-11-14-9-24(23-22-14)10-16(26)21-17(13-4-1-5-19-8-13)15-7-12-3-2-6-20-18(12)27-15/h1-9,17,25H,10-11H2,(H,21,26). The van der Waals surface area contributed by atoms with E-state index in [1.807, 2.05) is 24.3 Å². The van der Waals surface area contributed by atoms with Gasteiger partial charge in [0.1, 0.15) is 24.0 Å². The third-order valence-electron chi connectivity index (χ3n) is 3.97. The molecular formula is C18H16N6O3. The lowest BCUT2D eigenvalue weighted by atomic mass is 10.1. The van der Waals surface area contributed by atoms with Crippen molar-refractivity contribution in [3.63, 3.8) is 0 Å². The number of aliphatic hydroxyl groups is 1. The van der Waals surface area contributed by atoms with Crippen LogP contribution in [0.3, 0.4) is 0 Å². The molecule has 0 radical (unpaired) electrons. The largest absolute Gasteiger partial charge is 0.440 e. The summed E-state index contributed by atoms with van der Waals surface area (Å²) in [6.07, 6.45) is 6.50. The maximum absolute atomic E-state index is 12.5. The summed E-state index contributed by atoms with van der Waals surface area (Å²) in [6.45, 7) is -0.270. The third kappa shape index (κ3) is 3.67. The number of hydrogen-bond acceptors (Lipinski definition) is 7. The van der Waals surface area contributed by atoms with Crippen molar-refractivity contribution in [3.8, 4) is 0 Å². The van der Waals surface area contributed by atoms with E-state index in [4.69, 9.17) is 9.52 Å². The smallest absolute Gasteiger partial charge is 0.242 e. The van der Waals surface area contributed by atoms with Crippen molar-refractivity contribution in [3.05, 3.63) is 72.1 Å². The number of fused-ring (bicyclic) bond motifs is 1. The number of nitrogens with one attached hydrogen (secondary N) is 1. The zero-order valence-corrected chi connectivity index (χ0v) is 14.2. The van der Waals surface area contributed by atoms with Crippen LogP contribution in [0.25, 0.3) is 11.1 Å². The molecule has 0 aliphatic carbocycles. The number of pyridine rings is 2. The summed E-state index contributed by atoms with van der Waals surface area (Å²) in [6, 6.07) is 8.69. The molecule has 4 aromatic heterocycles. The lowest BCUT2D eigenvalue weighted by Gasteiger charge is -2.16.